The third kappa shape index (κ3) is 4.06. The maximum Gasteiger partial charge on any atom is 0.229 e. The summed E-state index contributed by atoms with van der Waals surface area (Å²) < 4.78 is 7.72. The Morgan fingerprint density at radius 1 is 1.32 bits per heavy atom. The summed E-state index contributed by atoms with van der Waals surface area (Å²) in [4.78, 5) is 4.48. The molecule has 2 aromatic rings. The number of aryl methyl sites for hydroxylation is 1. The minimum Gasteiger partial charge on any atom is -0.546 e. The van der Waals surface area contributed by atoms with Crippen LogP contribution in [0.3, 0.4) is 0 Å². The fourth-order valence-electron chi connectivity index (χ4n) is 1.71. The molecule has 0 unspecified atom stereocenters. The van der Waals surface area contributed by atoms with Crippen molar-refractivity contribution >= 4 is 20.9 Å². The predicted molar refractivity (Wildman–Crippen MR) is 81.1 cm³/mol. The lowest BCUT2D eigenvalue weighted by Gasteiger charge is -2.11. The van der Waals surface area contributed by atoms with Crippen molar-refractivity contribution in [3.63, 3.8) is 0 Å². The highest BCUT2D eigenvalue weighted by Crippen LogP contribution is 2.26. The first-order valence-corrected chi connectivity index (χ1v) is 9.21. The van der Waals surface area contributed by atoms with Gasteiger partial charge in [-0.1, -0.05) is 12.1 Å². The van der Waals surface area contributed by atoms with Gasteiger partial charge in [0.2, 0.25) is 9.04 Å². The lowest BCUT2D eigenvalue weighted by Crippen LogP contribution is -2.11. The maximum atomic E-state index is 5.85. The third-order valence-corrected chi connectivity index (χ3v) is 3.23. The number of nitrogens with zero attached hydrogens (tertiary/aromatic N) is 3. The van der Waals surface area contributed by atoms with Gasteiger partial charge in [0.25, 0.3) is 0 Å². The van der Waals surface area contributed by atoms with Crippen LogP contribution in [0.15, 0.2) is 41.5 Å². The van der Waals surface area contributed by atoms with E-state index in [0.29, 0.717) is 6.54 Å². The van der Waals surface area contributed by atoms with Gasteiger partial charge in [0.1, 0.15) is 11.4 Å². The molecule has 0 bridgehead atoms. The van der Waals surface area contributed by atoms with Crippen molar-refractivity contribution in [3.8, 4) is 5.75 Å². The lowest BCUT2D eigenvalue weighted by molar-refractivity contribution is 0.582. The second-order valence-electron chi connectivity index (χ2n) is 4.63. The largest absolute Gasteiger partial charge is 0.546 e. The molecule has 1 aromatic carbocycles. The number of aromatic nitrogens is 2. The van der Waals surface area contributed by atoms with E-state index in [1.807, 2.05) is 54.3 Å². The molecule has 0 amide bonds. The quantitative estimate of drug-likeness (QED) is 0.620. The highest BCUT2D eigenvalue weighted by atomic mass is 28.3. The standard InChI is InChI=1S/C14H19N3OSi/c1-12-8-10-17(16-12)11-9-15-13-6-4-5-7-14(13)18-19(2)3/h4-10,19H,11H2,1-3H3. The van der Waals surface area contributed by atoms with Crippen molar-refractivity contribution in [1.29, 1.82) is 0 Å². The van der Waals surface area contributed by atoms with Crippen LogP contribution in [0, 0.1) is 6.92 Å². The van der Waals surface area contributed by atoms with E-state index in [1.54, 1.807) is 0 Å². The van der Waals surface area contributed by atoms with Crippen molar-refractivity contribution in [2.24, 2.45) is 4.99 Å². The Balaban J connectivity index is 2.05. The number of aliphatic imine (C=N–C) groups is 1. The van der Waals surface area contributed by atoms with Crippen LogP contribution in [0.5, 0.6) is 5.75 Å². The Labute approximate surface area is 115 Å². The molecule has 0 aliphatic carbocycles. The molecule has 0 aliphatic heterocycles. The zero-order chi connectivity index (χ0) is 13.7. The highest BCUT2D eigenvalue weighted by molar-refractivity contribution is 6.49. The lowest BCUT2D eigenvalue weighted by atomic mass is 10.3. The summed E-state index contributed by atoms with van der Waals surface area (Å²) in [6.45, 7) is 6.94. The van der Waals surface area contributed by atoms with E-state index in [2.05, 4.69) is 23.2 Å². The van der Waals surface area contributed by atoms with Gasteiger partial charge in [-0.2, -0.15) is 5.10 Å². The molecule has 0 radical (unpaired) electrons. The fraction of sp³-hybridized carbons (Fsp3) is 0.286. The summed E-state index contributed by atoms with van der Waals surface area (Å²) >= 11 is 0. The molecule has 19 heavy (non-hydrogen) atoms. The van der Waals surface area contributed by atoms with E-state index in [1.165, 1.54) is 0 Å². The van der Waals surface area contributed by atoms with Crippen molar-refractivity contribution in [2.75, 3.05) is 0 Å². The molecular weight excluding hydrogens is 254 g/mol. The molecular formula is C14H19N3OSi. The average Bonchev–Trinajstić information content (AvgIpc) is 2.77. The summed E-state index contributed by atoms with van der Waals surface area (Å²) in [6.07, 6.45) is 3.81. The number of benzene rings is 1. The molecule has 0 saturated carbocycles. The second-order valence-corrected chi connectivity index (χ2v) is 6.96. The van der Waals surface area contributed by atoms with E-state index < -0.39 is 9.04 Å². The zero-order valence-electron chi connectivity index (χ0n) is 11.6. The van der Waals surface area contributed by atoms with E-state index >= 15 is 0 Å². The van der Waals surface area contributed by atoms with Crippen LogP contribution in [0.25, 0.3) is 0 Å². The van der Waals surface area contributed by atoms with Gasteiger partial charge in [-0.05, 0) is 38.2 Å². The van der Waals surface area contributed by atoms with E-state index in [9.17, 15) is 0 Å². The topological polar surface area (TPSA) is 39.4 Å². The van der Waals surface area contributed by atoms with Crippen LogP contribution in [-0.2, 0) is 6.54 Å². The molecule has 0 saturated heterocycles. The van der Waals surface area contributed by atoms with E-state index in [-0.39, 0.29) is 0 Å². The summed E-state index contributed by atoms with van der Waals surface area (Å²) in [5.41, 5.74) is 1.90. The Kier molecular flexibility index (Phi) is 4.51. The first-order chi connectivity index (χ1) is 9.15. The third-order valence-electron chi connectivity index (χ3n) is 2.50. The molecule has 4 nitrogen and oxygen atoms in total. The number of hydrogen-bond donors (Lipinski definition) is 0. The molecule has 0 atom stereocenters. The molecule has 1 aromatic heterocycles. The smallest absolute Gasteiger partial charge is 0.229 e. The number of hydrogen-bond acceptors (Lipinski definition) is 3. The van der Waals surface area contributed by atoms with Crippen LogP contribution >= 0.6 is 0 Å². The molecule has 0 fully saturated rings. The molecule has 0 N–H and O–H groups in total. The van der Waals surface area contributed by atoms with Gasteiger partial charge in [0, 0.05) is 12.4 Å². The van der Waals surface area contributed by atoms with Gasteiger partial charge in [-0.3, -0.25) is 9.67 Å². The molecule has 2 rings (SSSR count). The first kappa shape index (κ1) is 13.5. The summed E-state index contributed by atoms with van der Waals surface area (Å²) in [5, 5.41) is 4.31. The summed E-state index contributed by atoms with van der Waals surface area (Å²) in [7, 11) is -1.11. The molecule has 100 valence electrons. The van der Waals surface area contributed by atoms with Crippen LogP contribution in [0.4, 0.5) is 5.69 Å². The Morgan fingerprint density at radius 3 is 2.79 bits per heavy atom. The minimum atomic E-state index is -1.11. The van der Waals surface area contributed by atoms with Crippen LogP contribution in [-0.4, -0.2) is 25.0 Å². The Hall–Kier alpha value is -1.88. The van der Waals surface area contributed by atoms with Crippen molar-refractivity contribution in [1.82, 2.24) is 9.78 Å². The predicted octanol–water partition coefficient (Wildman–Crippen LogP) is 2.96. The minimum absolute atomic E-state index is 0.668. The average molecular weight is 273 g/mol. The number of rotatable bonds is 5. The maximum absolute atomic E-state index is 5.85. The molecule has 5 heteroatoms. The fourth-order valence-corrected chi connectivity index (χ4v) is 2.41. The first-order valence-electron chi connectivity index (χ1n) is 6.43. The second kappa shape index (κ2) is 6.33. The van der Waals surface area contributed by atoms with Crippen molar-refractivity contribution in [3.05, 3.63) is 42.2 Å². The highest BCUT2D eigenvalue weighted by Gasteiger charge is 2.03. The monoisotopic (exact) mass is 273 g/mol. The summed E-state index contributed by atoms with van der Waals surface area (Å²) in [6, 6.07) is 9.87. The molecule has 0 aliphatic rings. The van der Waals surface area contributed by atoms with Gasteiger partial charge in [-0.15, -0.1) is 0 Å². The SMILES string of the molecule is Cc1ccn(CC=Nc2ccccc2O[SiH](C)C)n1. The van der Waals surface area contributed by atoms with Crippen molar-refractivity contribution < 1.29 is 4.43 Å². The Morgan fingerprint density at radius 2 is 2.11 bits per heavy atom. The molecule has 1 heterocycles. The van der Waals surface area contributed by atoms with Gasteiger partial charge in [-0.25, -0.2) is 0 Å². The van der Waals surface area contributed by atoms with Crippen LogP contribution < -0.4 is 4.43 Å². The van der Waals surface area contributed by atoms with Gasteiger partial charge >= 0.3 is 0 Å². The van der Waals surface area contributed by atoms with Gasteiger partial charge in [0.05, 0.1) is 12.2 Å². The van der Waals surface area contributed by atoms with Crippen molar-refractivity contribution in [2.45, 2.75) is 26.6 Å². The van der Waals surface area contributed by atoms with Gasteiger partial charge < -0.3 is 4.43 Å². The van der Waals surface area contributed by atoms with Crippen LogP contribution in [0.1, 0.15) is 5.69 Å². The zero-order valence-corrected chi connectivity index (χ0v) is 12.7. The van der Waals surface area contributed by atoms with Crippen LogP contribution in [0.2, 0.25) is 13.1 Å². The van der Waals surface area contributed by atoms with E-state index in [0.717, 1.165) is 17.1 Å². The van der Waals surface area contributed by atoms with E-state index in [4.69, 9.17) is 4.43 Å². The summed E-state index contributed by atoms with van der Waals surface area (Å²) in [5.74, 6) is 0.872. The van der Waals surface area contributed by atoms with Gasteiger partial charge in [0.15, 0.2) is 0 Å². The normalized spacial score (nSPS) is 11.4. The Bertz CT molecular complexity index is 563. The molecule has 0 spiro atoms. The number of para-hydroxylation sites is 2.